The maximum absolute atomic E-state index is 9.53. The minimum absolute atomic E-state index is 0.132. The summed E-state index contributed by atoms with van der Waals surface area (Å²) in [5, 5.41) is 9.53. The molecule has 0 amide bonds. The summed E-state index contributed by atoms with van der Waals surface area (Å²) in [6, 6.07) is 0. The molecule has 0 fully saturated rings. The Morgan fingerprint density at radius 3 is 2.64 bits per heavy atom. The molecule has 11 heavy (non-hydrogen) atoms. The van der Waals surface area contributed by atoms with Crippen LogP contribution in [0.4, 0.5) is 0 Å². The zero-order valence-electron chi connectivity index (χ0n) is 7.71. The molecule has 0 heterocycles. The number of hydrogen-bond acceptors (Lipinski definition) is 1. The van der Waals surface area contributed by atoms with Crippen LogP contribution in [-0.4, -0.2) is 11.2 Å². The lowest BCUT2D eigenvalue weighted by Crippen LogP contribution is -2.16. The molecule has 0 aliphatic carbocycles. The minimum Gasteiger partial charge on any atom is -0.393 e. The summed E-state index contributed by atoms with van der Waals surface area (Å²) < 4.78 is 0. The summed E-state index contributed by atoms with van der Waals surface area (Å²) in [4.78, 5) is 0. The quantitative estimate of drug-likeness (QED) is 0.586. The summed E-state index contributed by atoms with van der Waals surface area (Å²) in [7, 11) is 0. The van der Waals surface area contributed by atoms with Crippen LogP contribution in [-0.2, 0) is 0 Å². The van der Waals surface area contributed by atoms with Crippen molar-refractivity contribution in [1.29, 1.82) is 0 Å². The summed E-state index contributed by atoms with van der Waals surface area (Å²) >= 11 is 0. The molecule has 0 aromatic carbocycles. The van der Waals surface area contributed by atoms with E-state index in [4.69, 9.17) is 0 Å². The van der Waals surface area contributed by atoms with Crippen LogP contribution >= 0.6 is 0 Å². The van der Waals surface area contributed by atoms with E-state index >= 15 is 0 Å². The van der Waals surface area contributed by atoms with Crippen LogP contribution in [0.5, 0.6) is 0 Å². The maximum atomic E-state index is 9.53. The highest BCUT2D eigenvalue weighted by atomic mass is 16.3. The van der Waals surface area contributed by atoms with Crippen LogP contribution in [0.1, 0.15) is 39.5 Å². The highest BCUT2D eigenvalue weighted by Gasteiger charge is 2.10. The molecule has 0 aliphatic heterocycles. The van der Waals surface area contributed by atoms with Crippen molar-refractivity contribution < 1.29 is 5.11 Å². The number of aliphatic hydroxyl groups is 1. The molecule has 0 saturated heterocycles. The van der Waals surface area contributed by atoms with Gasteiger partial charge in [0, 0.05) is 0 Å². The van der Waals surface area contributed by atoms with E-state index in [1.807, 2.05) is 6.08 Å². The second-order valence-corrected chi connectivity index (χ2v) is 3.21. The summed E-state index contributed by atoms with van der Waals surface area (Å²) in [5.41, 5.74) is 0. The largest absolute Gasteiger partial charge is 0.393 e. The van der Waals surface area contributed by atoms with Gasteiger partial charge in [0.2, 0.25) is 0 Å². The molecule has 1 heteroatoms. The standard InChI is InChI=1S/C10H20O/c1-4-6-8-10(11)9(3)7-5-2/h5,9-11H,2,4,6-8H2,1,3H3/t9-,10+/m0/s1. The SMILES string of the molecule is C=CC[C@H](C)[C@H](O)CCCC. The van der Waals surface area contributed by atoms with Gasteiger partial charge in [0.25, 0.3) is 0 Å². The second-order valence-electron chi connectivity index (χ2n) is 3.21. The fourth-order valence-corrected chi connectivity index (χ4v) is 1.12. The van der Waals surface area contributed by atoms with Crippen molar-refractivity contribution in [2.75, 3.05) is 0 Å². The number of unbranched alkanes of at least 4 members (excludes halogenated alkanes) is 1. The molecule has 66 valence electrons. The van der Waals surface area contributed by atoms with Gasteiger partial charge in [0.1, 0.15) is 0 Å². The lowest BCUT2D eigenvalue weighted by molar-refractivity contribution is 0.106. The summed E-state index contributed by atoms with van der Waals surface area (Å²) in [6.45, 7) is 7.87. The average Bonchev–Trinajstić information content (AvgIpc) is 2.00. The first kappa shape index (κ1) is 10.7. The molecule has 0 radical (unpaired) electrons. The molecule has 0 bridgehead atoms. The topological polar surface area (TPSA) is 20.2 Å². The molecular formula is C10H20O. The van der Waals surface area contributed by atoms with Crippen LogP contribution in [0.15, 0.2) is 12.7 Å². The van der Waals surface area contributed by atoms with Gasteiger partial charge in [-0.25, -0.2) is 0 Å². The average molecular weight is 156 g/mol. The molecule has 0 spiro atoms. The van der Waals surface area contributed by atoms with Crippen LogP contribution < -0.4 is 0 Å². The van der Waals surface area contributed by atoms with E-state index in [-0.39, 0.29) is 6.10 Å². The van der Waals surface area contributed by atoms with Crippen molar-refractivity contribution in [2.24, 2.45) is 5.92 Å². The minimum atomic E-state index is -0.132. The Morgan fingerprint density at radius 2 is 2.18 bits per heavy atom. The molecule has 0 aliphatic rings. The highest BCUT2D eigenvalue weighted by molar-refractivity contribution is 4.74. The van der Waals surface area contributed by atoms with Gasteiger partial charge in [-0.1, -0.05) is 32.8 Å². The van der Waals surface area contributed by atoms with Crippen molar-refractivity contribution in [2.45, 2.75) is 45.6 Å². The lowest BCUT2D eigenvalue weighted by atomic mass is 9.97. The Bertz CT molecular complexity index is 99.0. The lowest BCUT2D eigenvalue weighted by Gasteiger charge is -2.16. The van der Waals surface area contributed by atoms with E-state index < -0.39 is 0 Å². The van der Waals surface area contributed by atoms with Crippen molar-refractivity contribution in [3.8, 4) is 0 Å². The van der Waals surface area contributed by atoms with Crippen LogP contribution in [0.2, 0.25) is 0 Å². The summed E-state index contributed by atoms with van der Waals surface area (Å²) in [6.07, 6.45) is 5.89. The van der Waals surface area contributed by atoms with Crippen molar-refractivity contribution in [3.63, 3.8) is 0 Å². The highest BCUT2D eigenvalue weighted by Crippen LogP contribution is 2.13. The van der Waals surface area contributed by atoms with E-state index in [0.29, 0.717) is 5.92 Å². The van der Waals surface area contributed by atoms with Gasteiger partial charge in [-0.05, 0) is 18.8 Å². The third-order valence-electron chi connectivity index (χ3n) is 2.05. The Balaban J connectivity index is 3.45. The maximum Gasteiger partial charge on any atom is 0.0568 e. The first-order chi connectivity index (χ1) is 5.22. The normalized spacial score (nSPS) is 15.9. The fraction of sp³-hybridized carbons (Fsp3) is 0.800. The Hall–Kier alpha value is -0.300. The molecule has 0 unspecified atom stereocenters. The van der Waals surface area contributed by atoms with Crippen LogP contribution in [0.25, 0.3) is 0 Å². The molecular weight excluding hydrogens is 136 g/mol. The number of allylic oxidation sites excluding steroid dienone is 1. The number of hydrogen-bond donors (Lipinski definition) is 1. The van der Waals surface area contributed by atoms with Crippen LogP contribution in [0.3, 0.4) is 0 Å². The van der Waals surface area contributed by atoms with Gasteiger partial charge >= 0.3 is 0 Å². The van der Waals surface area contributed by atoms with Crippen molar-refractivity contribution in [1.82, 2.24) is 0 Å². The molecule has 1 N–H and O–H groups in total. The zero-order valence-corrected chi connectivity index (χ0v) is 7.71. The second kappa shape index (κ2) is 6.41. The van der Waals surface area contributed by atoms with Gasteiger partial charge < -0.3 is 5.11 Å². The van der Waals surface area contributed by atoms with E-state index in [2.05, 4.69) is 20.4 Å². The summed E-state index contributed by atoms with van der Waals surface area (Å²) in [5.74, 6) is 0.374. The predicted octanol–water partition coefficient (Wildman–Crippen LogP) is 2.75. The molecule has 1 nitrogen and oxygen atoms in total. The molecule has 2 atom stereocenters. The van der Waals surface area contributed by atoms with Crippen molar-refractivity contribution in [3.05, 3.63) is 12.7 Å². The van der Waals surface area contributed by atoms with Gasteiger partial charge in [-0.3, -0.25) is 0 Å². The van der Waals surface area contributed by atoms with E-state index in [9.17, 15) is 5.11 Å². The predicted molar refractivity (Wildman–Crippen MR) is 49.5 cm³/mol. The number of aliphatic hydroxyl groups excluding tert-OH is 1. The number of rotatable bonds is 6. The molecule has 0 saturated carbocycles. The van der Waals surface area contributed by atoms with E-state index in [1.54, 1.807) is 0 Å². The first-order valence-electron chi connectivity index (χ1n) is 4.51. The zero-order chi connectivity index (χ0) is 8.69. The van der Waals surface area contributed by atoms with Gasteiger partial charge in [-0.15, -0.1) is 6.58 Å². The van der Waals surface area contributed by atoms with E-state index in [1.165, 1.54) is 0 Å². The molecule has 0 aromatic heterocycles. The smallest absolute Gasteiger partial charge is 0.0568 e. The molecule has 0 aromatic rings. The van der Waals surface area contributed by atoms with Gasteiger partial charge in [0.05, 0.1) is 6.10 Å². The van der Waals surface area contributed by atoms with Crippen molar-refractivity contribution >= 4 is 0 Å². The Labute approximate surface area is 70.1 Å². The van der Waals surface area contributed by atoms with Crippen LogP contribution in [0, 0.1) is 5.92 Å². The Morgan fingerprint density at radius 1 is 1.55 bits per heavy atom. The first-order valence-corrected chi connectivity index (χ1v) is 4.51. The monoisotopic (exact) mass is 156 g/mol. The van der Waals surface area contributed by atoms with Gasteiger partial charge in [0.15, 0.2) is 0 Å². The third-order valence-corrected chi connectivity index (χ3v) is 2.05. The third kappa shape index (κ3) is 5.02. The van der Waals surface area contributed by atoms with E-state index in [0.717, 1.165) is 25.7 Å². The fourth-order valence-electron chi connectivity index (χ4n) is 1.12. The Kier molecular flexibility index (Phi) is 6.24. The molecule has 0 rings (SSSR count). The van der Waals surface area contributed by atoms with Gasteiger partial charge in [-0.2, -0.15) is 0 Å².